The van der Waals surface area contributed by atoms with E-state index in [1.54, 1.807) is 18.2 Å². The maximum atomic E-state index is 11.9. The van der Waals surface area contributed by atoms with Crippen LogP contribution in [0, 0.1) is 6.92 Å². The normalized spacial score (nSPS) is 10.0. The zero-order valence-corrected chi connectivity index (χ0v) is 13.3. The molecule has 2 aromatic carbocycles. The van der Waals surface area contributed by atoms with E-state index in [0.29, 0.717) is 11.3 Å². The fourth-order valence-electron chi connectivity index (χ4n) is 1.94. The summed E-state index contributed by atoms with van der Waals surface area (Å²) in [4.78, 5) is 23.6. The predicted molar refractivity (Wildman–Crippen MR) is 88.1 cm³/mol. The molecule has 0 aliphatic rings. The molecule has 0 saturated carbocycles. The van der Waals surface area contributed by atoms with Gasteiger partial charge in [0.2, 0.25) is 0 Å². The Kier molecular flexibility index (Phi) is 5.74. The van der Waals surface area contributed by atoms with Gasteiger partial charge in [0.05, 0.1) is 0 Å². The van der Waals surface area contributed by atoms with Crippen LogP contribution >= 0.6 is 0 Å². The van der Waals surface area contributed by atoms with E-state index in [1.165, 1.54) is 0 Å². The molecule has 0 atom stereocenters. The van der Waals surface area contributed by atoms with E-state index < -0.39 is 5.91 Å². The summed E-state index contributed by atoms with van der Waals surface area (Å²) >= 11 is 0. The highest BCUT2D eigenvalue weighted by Gasteiger charge is 2.07. The molecule has 23 heavy (non-hydrogen) atoms. The van der Waals surface area contributed by atoms with E-state index in [0.717, 1.165) is 17.5 Å². The van der Waals surface area contributed by atoms with Gasteiger partial charge in [-0.05, 0) is 43.2 Å². The number of carbonyl (C=O) groups excluding carboxylic acids is 2. The lowest BCUT2D eigenvalue weighted by atomic mass is 10.1. The lowest BCUT2D eigenvalue weighted by molar-refractivity contribution is -0.123. The molecule has 0 aliphatic heterocycles. The first-order valence-corrected chi connectivity index (χ1v) is 7.46. The van der Waals surface area contributed by atoms with Crippen LogP contribution < -0.4 is 15.6 Å². The lowest BCUT2D eigenvalue weighted by Gasteiger charge is -2.09. The Morgan fingerprint density at radius 2 is 1.78 bits per heavy atom. The van der Waals surface area contributed by atoms with E-state index in [2.05, 4.69) is 10.9 Å². The number of aryl methyl sites for hydroxylation is 2. The number of carbonyl (C=O) groups is 2. The number of hydrazine groups is 1. The van der Waals surface area contributed by atoms with Crippen molar-refractivity contribution in [3.8, 4) is 5.75 Å². The summed E-state index contributed by atoms with van der Waals surface area (Å²) in [7, 11) is 0. The number of ether oxygens (including phenoxy) is 1. The maximum Gasteiger partial charge on any atom is 0.276 e. The number of rotatable bonds is 5. The van der Waals surface area contributed by atoms with Gasteiger partial charge in [0, 0.05) is 5.56 Å². The summed E-state index contributed by atoms with van der Waals surface area (Å²) in [6.45, 7) is 3.82. The minimum Gasteiger partial charge on any atom is -0.484 e. The summed E-state index contributed by atoms with van der Waals surface area (Å²) < 4.78 is 5.40. The molecule has 2 amide bonds. The first kappa shape index (κ1) is 16.5. The minimum atomic E-state index is -0.424. The third kappa shape index (κ3) is 5.14. The van der Waals surface area contributed by atoms with Crippen LogP contribution in [0.2, 0.25) is 0 Å². The van der Waals surface area contributed by atoms with Gasteiger partial charge in [-0.3, -0.25) is 20.4 Å². The molecule has 0 spiro atoms. The third-order valence-electron chi connectivity index (χ3n) is 3.31. The van der Waals surface area contributed by atoms with Gasteiger partial charge in [-0.1, -0.05) is 36.8 Å². The average molecular weight is 312 g/mol. The number of hydrogen-bond acceptors (Lipinski definition) is 3. The fourth-order valence-corrected chi connectivity index (χ4v) is 1.94. The molecular weight excluding hydrogens is 292 g/mol. The Labute approximate surface area is 135 Å². The molecule has 120 valence electrons. The predicted octanol–water partition coefficient (Wildman–Crippen LogP) is 2.40. The highest BCUT2D eigenvalue weighted by atomic mass is 16.5. The van der Waals surface area contributed by atoms with Gasteiger partial charge in [-0.2, -0.15) is 0 Å². The Balaban J connectivity index is 1.78. The number of benzene rings is 2. The topological polar surface area (TPSA) is 67.4 Å². The molecule has 0 aliphatic carbocycles. The second-order valence-electron chi connectivity index (χ2n) is 5.16. The van der Waals surface area contributed by atoms with Gasteiger partial charge < -0.3 is 4.74 Å². The average Bonchev–Trinajstić information content (AvgIpc) is 2.58. The van der Waals surface area contributed by atoms with Gasteiger partial charge in [-0.15, -0.1) is 0 Å². The second-order valence-corrected chi connectivity index (χ2v) is 5.16. The van der Waals surface area contributed by atoms with Crippen molar-refractivity contribution in [3.63, 3.8) is 0 Å². The van der Waals surface area contributed by atoms with Crippen molar-refractivity contribution in [2.45, 2.75) is 20.3 Å². The minimum absolute atomic E-state index is 0.165. The summed E-state index contributed by atoms with van der Waals surface area (Å²) in [5, 5.41) is 0. The van der Waals surface area contributed by atoms with E-state index in [-0.39, 0.29) is 12.5 Å². The molecule has 0 unspecified atom stereocenters. The molecule has 2 rings (SSSR count). The fraction of sp³-hybridized carbons (Fsp3) is 0.222. The van der Waals surface area contributed by atoms with E-state index in [9.17, 15) is 9.59 Å². The van der Waals surface area contributed by atoms with Gasteiger partial charge >= 0.3 is 0 Å². The number of hydrogen-bond donors (Lipinski definition) is 2. The van der Waals surface area contributed by atoms with Crippen molar-refractivity contribution >= 4 is 11.8 Å². The third-order valence-corrected chi connectivity index (χ3v) is 3.31. The van der Waals surface area contributed by atoms with Crippen LogP contribution in [-0.2, 0) is 11.2 Å². The van der Waals surface area contributed by atoms with Gasteiger partial charge in [-0.25, -0.2) is 0 Å². The Hall–Kier alpha value is -2.82. The molecule has 0 aromatic heterocycles. The highest BCUT2D eigenvalue weighted by Crippen LogP contribution is 2.13. The standard InChI is InChI=1S/C18H20N2O3/c1-3-14-5-4-6-16(11-14)23-12-17(21)19-20-18(22)15-9-7-13(2)8-10-15/h4-11H,3,12H2,1-2H3,(H,19,21)(H,20,22). The molecule has 0 radical (unpaired) electrons. The van der Waals surface area contributed by atoms with E-state index in [4.69, 9.17) is 4.74 Å². The monoisotopic (exact) mass is 312 g/mol. The van der Waals surface area contributed by atoms with Gasteiger partial charge in [0.1, 0.15) is 5.75 Å². The Morgan fingerprint density at radius 3 is 2.48 bits per heavy atom. The van der Waals surface area contributed by atoms with Crippen LogP contribution in [-0.4, -0.2) is 18.4 Å². The summed E-state index contributed by atoms with van der Waals surface area (Å²) in [5.74, 6) is -0.164. The van der Waals surface area contributed by atoms with E-state index >= 15 is 0 Å². The van der Waals surface area contributed by atoms with Crippen molar-refractivity contribution < 1.29 is 14.3 Å². The largest absolute Gasteiger partial charge is 0.484 e. The SMILES string of the molecule is CCc1cccc(OCC(=O)NNC(=O)c2ccc(C)cc2)c1. The maximum absolute atomic E-state index is 11.9. The Bertz CT molecular complexity index is 681. The molecular formula is C18H20N2O3. The molecule has 0 bridgehead atoms. The van der Waals surface area contributed by atoms with Crippen LogP contribution in [0.3, 0.4) is 0 Å². The van der Waals surface area contributed by atoms with E-state index in [1.807, 2.05) is 44.2 Å². The van der Waals surface area contributed by atoms with Crippen molar-refractivity contribution in [2.24, 2.45) is 0 Å². The van der Waals surface area contributed by atoms with Crippen molar-refractivity contribution in [1.82, 2.24) is 10.9 Å². The molecule has 0 heterocycles. The number of nitrogens with one attached hydrogen (secondary N) is 2. The smallest absolute Gasteiger partial charge is 0.276 e. The molecule has 5 heteroatoms. The van der Waals surface area contributed by atoms with Crippen LogP contribution in [0.5, 0.6) is 5.75 Å². The van der Waals surface area contributed by atoms with Gasteiger partial charge in [0.15, 0.2) is 6.61 Å². The zero-order valence-electron chi connectivity index (χ0n) is 13.3. The summed E-state index contributed by atoms with van der Waals surface area (Å²) in [6, 6.07) is 14.6. The first-order chi connectivity index (χ1) is 11.1. The second kappa shape index (κ2) is 7.98. The molecule has 2 aromatic rings. The molecule has 0 fully saturated rings. The summed E-state index contributed by atoms with van der Waals surface area (Å²) in [5.41, 5.74) is 7.37. The lowest BCUT2D eigenvalue weighted by Crippen LogP contribution is -2.43. The molecule has 2 N–H and O–H groups in total. The van der Waals surface area contributed by atoms with Crippen LogP contribution in [0.25, 0.3) is 0 Å². The van der Waals surface area contributed by atoms with Crippen LogP contribution in [0.1, 0.15) is 28.4 Å². The molecule has 5 nitrogen and oxygen atoms in total. The summed E-state index contributed by atoms with van der Waals surface area (Å²) in [6.07, 6.45) is 0.899. The van der Waals surface area contributed by atoms with Crippen molar-refractivity contribution in [1.29, 1.82) is 0 Å². The molecule has 0 saturated heterocycles. The zero-order chi connectivity index (χ0) is 16.7. The Morgan fingerprint density at radius 1 is 1.04 bits per heavy atom. The van der Waals surface area contributed by atoms with Crippen molar-refractivity contribution in [2.75, 3.05) is 6.61 Å². The highest BCUT2D eigenvalue weighted by molar-refractivity contribution is 5.95. The quantitative estimate of drug-likeness (QED) is 0.833. The first-order valence-electron chi connectivity index (χ1n) is 7.46. The van der Waals surface area contributed by atoms with Crippen LogP contribution in [0.15, 0.2) is 48.5 Å². The van der Waals surface area contributed by atoms with Crippen molar-refractivity contribution in [3.05, 3.63) is 65.2 Å². The van der Waals surface area contributed by atoms with Gasteiger partial charge in [0.25, 0.3) is 11.8 Å². The van der Waals surface area contributed by atoms with Crippen LogP contribution in [0.4, 0.5) is 0 Å². The number of amides is 2.